The summed E-state index contributed by atoms with van der Waals surface area (Å²) in [5.74, 6) is 1.21. The Morgan fingerprint density at radius 1 is 0.800 bits per heavy atom. The van der Waals surface area contributed by atoms with E-state index in [1.807, 2.05) is 0 Å². The number of phenolic OH excluding ortho intramolecular Hbond substituents is 1. The van der Waals surface area contributed by atoms with Gasteiger partial charge in [-0.15, -0.1) is 0 Å². The Morgan fingerprint density at radius 2 is 1.30 bits per heavy atom. The minimum atomic E-state index is -0.379. The molecular weight excluding hydrogens is 360 g/mol. The van der Waals surface area contributed by atoms with E-state index in [1.54, 1.807) is 0 Å². The second kappa shape index (κ2) is 6.66. The van der Waals surface area contributed by atoms with E-state index in [0.717, 1.165) is 11.1 Å². The fraction of sp³-hybridized carbons (Fsp3) is 0.333. The molecule has 0 radical (unpaired) electrons. The summed E-state index contributed by atoms with van der Waals surface area (Å²) in [6, 6.07) is 15.1. The zero-order valence-electron chi connectivity index (χ0n) is 12.6. The number of phenols is 1. The van der Waals surface area contributed by atoms with Crippen LogP contribution >= 0.6 is 0 Å². The van der Waals surface area contributed by atoms with Gasteiger partial charge in [0.25, 0.3) is 0 Å². The Kier molecular flexibility index (Phi) is 5.13. The van der Waals surface area contributed by atoms with Crippen LogP contribution in [0.4, 0.5) is 0 Å². The Labute approximate surface area is 132 Å². The SMILES string of the molecule is CC(C)c1cc([Te]c2ccccc2)cc(C(C)C)c1O. The predicted molar refractivity (Wildman–Crippen MR) is 87.7 cm³/mol. The Hall–Kier alpha value is -0.970. The molecule has 2 aromatic carbocycles. The first kappa shape index (κ1) is 15.4. The molecule has 0 amide bonds. The van der Waals surface area contributed by atoms with Gasteiger partial charge in [0.15, 0.2) is 0 Å². The van der Waals surface area contributed by atoms with Crippen LogP contribution in [0.25, 0.3) is 0 Å². The third-order valence-electron chi connectivity index (χ3n) is 3.37. The molecule has 1 nitrogen and oxygen atoms in total. The van der Waals surface area contributed by atoms with Gasteiger partial charge in [-0.3, -0.25) is 0 Å². The van der Waals surface area contributed by atoms with Crippen LogP contribution in [0.15, 0.2) is 42.5 Å². The summed E-state index contributed by atoms with van der Waals surface area (Å²) in [6.07, 6.45) is 0. The predicted octanol–water partition coefficient (Wildman–Crippen LogP) is 3.29. The molecule has 2 aromatic rings. The van der Waals surface area contributed by atoms with E-state index in [1.165, 1.54) is 7.22 Å². The first-order valence-corrected chi connectivity index (χ1v) is 9.41. The van der Waals surface area contributed by atoms with Crippen LogP contribution < -0.4 is 7.22 Å². The molecule has 0 aliphatic rings. The van der Waals surface area contributed by atoms with Gasteiger partial charge in [0.05, 0.1) is 0 Å². The molecule has 0 heterocycles. The summed E-state index contributed by atoms with van der Waals surface area (Å²) in [5.41, 5.74) is 2.18. The topological polar surface area (TPSA) is 20.2 Å². The van der Waals surface area contributed by atoms with Gasteiger partial charge in [-0.25, -0.2) is 0 Å². The van der Waals surface area contributed by atoms with E-state index in [-0.39, 0.29) is 20.9 Å². The van der Waals surface area contributed by atoms with Gasteiger partial charge in [-0.05, 0) is 0 Å². The molecule has 0 aromatic heterocycles. The van der Waals surface area contributed by atoms with Crippen LogP contribution in [-0.4, -0.2) is 26.0 Å². The van der Waals surface area contributed by atoms with Crippen molar-refractivity contribution in [2.75, 3.05) is 0 Å². The summed E-state index contributed by atoms with van der Waals surface area (Å²) >= 11 is -0.379. The standard InChI is InChI=1S/C18H22OTe/c1-12(2)16-10-15(11-17(13(3)4)18(16)19)20-14-8-6-5-7-9-14/h5-13,19H,1-4H3. The Morgan fingerprint density at radius 3 is 1.75 bits per heavy atom. The normalized spacial score (nSPS) is 11.3. The molecule has 0 aliphatic carbocycles. The summed E-state index contributed by atoms with van der Waals surface area (Å²) < 4.78 is 2.85. The van der Waals surface area contributed by atoms with Crippen molar-refractivity contribution in [3.8, 4) is 5.75 Å². The average molecular weight is 382 g/mol. The van der Waals surface area contributed by atoms with Gasteiger partial charge in [-0.1, -0.05) is 0 Å². The number of aromatic hydroxyl groups is 1. The monoisotopic (exact) mass is 384 g/mol. The van der Waals surface area contributed by atoms with Gasteiger partial charge in [0.2, 0.25) is 0 Å². The maximum atomic E-state index is 10.4. The van der Waals surface area contributed by atoms with Crippen LogP contribution in [0.5, 0.6) is 5.75 Å². The zero-order valence-corrected chi connectivity index (χ0v) is 14.9. The third kappa shape index (κ3) is 3.57. The molecule has 0 fully saturated rings. The molecule has 0 saturated carbocycles. The molecule has 0 aliphatic heterocycles. The molecule has 0 atom stereocenters. The van der Waals surface area contributed by atoms with Crippen molar-refractivity contribution in [2.24, 2.45) is 0 Å². The van der Waals surface area contributed by atoms with Crippen LogP contribution in [0.2, 0.25) is 0 Å². The fourth-order valence-corrected chi connectivity index (χ4v) is 4.89. The second-order valence-corrected chi connectivity index (χ2v) is 8.95. The first-order valence-electron chi connectivity index (χ1n) is 7.08. The minimum absolute atomic E-state index is 0.357. The average Bonchev–Trinajstić information content (AvgIpc) is 2.41. The summed E-state index contributed by atoms with van der Waals surface area (Å²) in [5, 5.41) is 10.4. The zero-order chi connectivity index (χ0) is 14.7. The van der Waals surface area contributed by atoms with Crippen LogP contribution in [0, 0.1) is 0 Å². The third-order valence-corrected chi connectivity index (χ3v) is 6.16. The number of benzene rings is 2. The summed E-state index contributed by atoms with van der Waals surface area (Å²) in [4.78, 5) is 0. The van der Waals surface area contributed by atoms with Crippen LogP contribution in [0.3, 0.4) is 0 Å². The maximum absolute atomic E-state index is 10.4. The van der Waals surface area contributed by atoms with Crippen molar-refractivity contribution in [1.82, 2.24) is 0 Å². The number of hydrogen-bond donors (Lipinski definition) is 1. The van der Waals surface area contributed by atoms with Crippen molar-refractivity contribution in [3.05, 3.63) is 53.6 Å². The second-order valence-electron chi connectivity index (χ2n) is 5.67. The Balaban J connectivity index is 2.43. The van der Waals surface area contributed by atoms with Crippen molar-refractivity contribution in [2.45, 2.75) is 39.5 Å². The summed E-state index contributed by atoms with van der Waals surface area (Å²) in [6.45, 7) is 8.58. The van der Waals surface area contributed by atoms with Crippen LogP contribution in [-0.2, 0) is 0 Å². The molecule has 0 saturated heterocycles. The molecule has 2 heteroatoms. The van der Waals surface area contributed by atoms with Crippen molar-refractivity contribution in [3.63, 3.8) is 0 Å². The first-order chi connectivity index (χ1) is 9.49. The molecule has 1 N–H and O–H groups in total. The van der Waals surface area contributed by atoms with Crippen molar-refractivity contribution in [1.29, 1.82) is 0 Å². The fourth-order valence-electron chi connectivity index (χ4n) is 2.22. The van der Waals surface area contributed by atoms with E-state index in [0.29, 0.717) is 17.6 Å². The van der Waals surface area contributed by atoms with Gasteiger partial charge < -0.3 is 0 Å². The van der Waals surface area contributed by atoms with E-state index < -0.39 is 0 Å². The van der Waals surface area contributed by atoms with E-state index in [2.05, 4.69) is 70.2 Å². The molecule has 0 bridgehead atoms. The molecule has 106 valence electrons. The molecule has 2 rings (SSSR count). The van der Waals surface area contributed by atoms with Crippen molar-refractivity contribution < 1.29 is 5.11 Å². The van der Waals surface area contributed by atoms with Gasteiger partial charge in [-0.2, -0.15) is 0 Å². The van der Waals surface area contributed by atoms with Crippen molar-refractivity contribution >= 4 is 28.1 Å². The van der Waals surface area contributed by atoms with Crippen LogP contribution in [0.1, 0.15) is 50.7 Å². The molecular formula is C18H22OTe. The van der Waals surface area contributed by atoms with E-state index in [4.69, 9.17) is 0 Å². The summed E-state index contributed by atoms with van der Waals surface area (Å²) in [7, 11) is 0. The molecule has 0 unspecified atom stereocenters. The van der Waals surface area contributed by atoms with E-state index >= 15 is 0 Å². The quantitative estimate of drug-likeness (QED) is 0.806. The van der Waals surface area contributed by atoms with Gasteiger partial charge >= 0.3 is 132 Å². The molecule has 20 heavy (non-hydrogen) atoms. The van der Waals surface area contributed by atoms with Gasteiger partial charge in [0, 0.05) is 0 Å². The Bertz CT molecular complexity index is 544. The van der Waals surface area contributed by atoms with Gasteiger partial charge in [0.1, 0.15) is 0 Å². The van der Waals surface area contributed by atoms with E-state index in [9.17, 15) is 5.11 Å². The number of hydrogen-bond acceptors (Lipinski definition) is 1. The molecule has 0 spiro atoms. The number of rotatable bonds is 4.